The highest BCUT2D eigenvalue weighted by molar-refractivity contribution is 9.10. The summed E-state index contributed by atoms with van der Waals surface area (Å²) in [7, 11) is 0. The SMILES string of the molecule is CC(CO)(CCc1ccccc1)Nc1cccc(Br)c1. The Morgan fingerprint density at radius 3 is 2.50 bits per heavy atom. The average molecular weight is 334 g/mol. The second-order valence-corrected chi connectivity index (χ2v) is 6.26. The first-order valence-electron chi connectivity index (χ1n) is 6.80. The van der Waals surface area contributed by atoms with Gasteiger partial charge in [-0.1, -0.05) is 52.3 Å². The molecule has 0 saturated heterocycles. The molecule has 2 aromatic rings. The zero-order chi connectivity index (χ0) is 14.4. The molecule has 1 unspecified atom stereocenters. The van der Waals surface area contributed by atoms with Crippen LogP contribution in [0.1, 0.15) is 18.9 Å². The van der Waals surface area contributed by atoms with E-state index in [1.807, 2.05) is 42.5 Å². The number of aryl methyl sites for hydroxylation is 1. The normalized spacial score (nSPS) is 13.8. The lowest BCUT2D eigenvalue weighted by Crippen LogP contribution is -2.39. The number of rotatable bonds is 6. The summed E-state index contributed by atoms with van der Waals surface area (Å²) in [6, 6.07) is 18.4. The number of nitrogens with one attached hydrogen (secondary N) is 1. The van der Waals surface area contributed by atoms with Crippen LogP contribution in [-0.2, 0) is 6.42 Å². The van der Waals surface area contributed by atoms with Crippen molar-refractivity contribution in [2.75, 3.05) is 11.9 Å². The number of aliphatic hydroxyl groups excluding tert-OH is 1. The largest absolute Gasteiger partial charge is 0.394 e. The van der Waals surface area contributed by atoms with Gasteiger partial charge in [0, 0.05) is 10.2 Å². The predicted molar refractivity (Wildman–Crippen MR) is 88.0 cm³/mol. The van der Waals surface area contributed by atoms with Gasteiger partial charge in [-0.3, -0.25) is 0 Å². The van der Waals surface area contributed by atoms with Gasteiger partial charge < -0.3 is 10.4 Å². The predicted octanol–water partition coefficient (Wildman–Crippen LogP) is 4.24. The molecule has 0 saturated carbocycles. The number of benzene rings is 2. The van der Waals surface area contributed by atoms with E-state index in [2.05, 4.69) is 40.3 Å². The van der Waals surface area contributed by atoms with E-state index in [-0.39, 0.29) is 12.1 Å². The minimum Gasteiger partial charge on any atom is -0.394 e. The monoisotopic (exact) mass is 333 g/mol. The molecular formula is C17H20BrNO. The molecule has 0 aliphatic rings. The molecule has 0 aliphatic carbocycles. The molecule has 0 bridgehead atoms. The number of aliphatic hydroxyl groups is 1. The summed E-state index contributed by atoms with van der Waals surface area (Å²) in [5.41, 5.74) is 1.99. The van der Waals surface area contributed by atoms with Gasteiger partial charge in [0.15, 0.2) is 0 Å². The Labute approximate surface area is 129 Å². The molecule has 2 nitrogen and oxygen atoms in total. The molecule has 2 N–H and O–H groups in total. The van der Waals surface area contributed by atoms with Gasteiger partial charge in [-0.2, -0.15) is 0 Å². The lowest BCUT2D eigenvalue weighted by molar-refractivity contribution is 0.215. The van der Waals surface area contributed by atoms with Gasteiger partial charge in [-0.05, 0) is 43.5 Å². The maximum atomic E-state index is 9.72. The highest BCUT2D eigenvalue weighted by atomic mass is 79.9. The van der Waals surface area contributed by atoms with E-state index in [0.717, 1.165) is 23.0 Å². The summed E-state index contributed by atoms with van der Waals surface area (Å²) >= 11 is 3.46. The Hall–Kier alpha value is -1.32. The third-order valence-electron chi connectivity index (χ3n) is 3.43. The van der Waals surface area contributed by atoms with Crippen molar-refractivity contribution in [3.05, 3.63) is 64.6 Å². The molecule has 1 atom stereocenters. The average Bonchev–Trinajstić information content (AvgIpc) is 2.46. The first-order valence-corrected chi connectivity index (χ1v) is 7.59. The van der Waals surface area contributed by atoms with Crippen LogP contribution >= 0.6 is 15.9 Å². The van der Waals surface area contributed by atoms with Gasteiger partial charge in [0.25, 0.3) is 0 Å². The van der Waals surface area contributed by atoms with E-state index in [4.69, 9.17) is 0 Å². The standard InChI is InChI=1S/C17H20BrNO/c1-17(13-20,11-10-14-6-3-2-4-7-14)19-16-9-5-8-15(18)12-16/h2-9,12,19-20H,10-11,13H2,1H3. The van der Waals surface area contributed by atoms with Crippen LogP contribution in [0.15, 0.2) is 59.1 Å². The van der Waals surface area contributed by atoms with Crippen LogP contribution < -0.4 is 5.32 Å². The second-order valence-electron chi connectivity index (χ2n) is 5.34. The van der Waals surface area contributed by atoms with Gasteiger partial charge in [0.2, 0.25) is 0 Å². The Kier molecular flexibility index (Phi) is 5.21. The number of hydrogen-bond donors (Lipinski definition) is 2. The molecule has 0 radical (unpaired) electrons. The minimum absolute atomic E-state index is 0.104. The minimum atomic E-state index is -0.323. The van der Waals surface area contributed by atoms with E-state index in [0.29, 0.717) is 0 Å². The van der Waals surface area contributed by atoms with Crippen molar-refractivity contribution < 1.29 is 5.11 Å². The van der Waals surface area contributed by atoms with E-state index < -0.39 is 0 Å². The van der Waals surface area contributed by atoms with Crippen LogP contribution in [0.25, 0.3) is 0 Å². The smallest absolute Gasteiger partial charge is 0.0658 e. The highest BCUT2D eigenvalue weighted by Crippen LogP contribution is 2.23. The Morgan fingerprint density at radius 2 is 1.85 bits per heavy atom. The molecule has 2 rings (SSSR count). The van der Waals surface area contributed by atoms with Crippen molar-refractivity contribution in [2.24, 2.45) is 0 Å². The van der Waals surface area contributed by atoms with Crippen molar-refractivity contribution in [1.82, 2.24) is 0 Å². The fraction of sp³-hybridized carbons (Fsp3) is 0.294. The maximum Gasteiger partial charge on any atom is 0.0658 e. The third-order valence-corrected chi connectivity index (χ3v) is 3.92. The Balaban J connectivity index is 2.01. The Morgan fingerprint density at radius 1 is 1.10 bits per heavy atom. The fourth-order valence-electron chi connectivity index (χ4n) is 2.16. The van der Waals surface area contributed by atoms with Crippen LogP contribution in [0, 0.1) is 0 Å². The molecule has 0 aromatic heterocycles. The first-order chi connectivity index (χ1) is 9.61. The van der Waals surface area contributed by atoms with E-state index in [1.165, 1.54) is 5.56 Å². The zero-order valence-electron chi connectivity index (χ0n) is 11.6. The summed E-state index contributed by atoms with van der Waals surface area (Å²) < 4.78 is 1.03. The van der Waals surface area contributed by atoms with Crippen LogP contribution in [-0.4, -0.2) is 17.3 Å². The molecular weight excluding hydrogens is 314 g/mol. The number of halogens is 1. The topological polar surface area (TPSA) is 32.3 Å². The number of hydrogen-bond acceptors (Lipinski definition) is 2. The molecule has 2 aromatic carbocycles. The van der Waals surface area contributed by atoms with Crippen LogP contribution in [0.5, 0.6) is 0 Å². The summed E-state index contributed by atoms with van der Waals surface area (Å²) in [5.74, 6) is 0. The molecule has 0 fully saturated rings. The Bertz CT molecular complexity index is 544. The van der Waals surface area contributed by atoms with Crippen molar-refractivity contribution >= 4 is 21.6 Å². The highest BCUT2D eigenvalue weighted by Gasteiger charge is 2.22. The molecule has 0 spiro atoms. The second kappa shape index (κ2) is 6.91. The lowest BCUT2D eigenvalue weighted by atomic mass is 9.93. The molecule has 0 aliphatic heterocycles. The van der Waals surface area contributed by atoms with Crippen LogP contribution in [0.2, 0.25) is 0 Å². The summed E-state index contributed by atoms with van der Waals surface area (Å²) in [4.78, 5) is 0. The van der Waals surface area contributed by atoms with E-state index in [1.54, 1.807) is 0 Å². The first kappa shape index (κ1) is 15.1. The van der Waals surface area contributed by atoms with Gasteiger partial charge in [-0.25, -0.2) is 0 Å². The molecule has 0 amide bonds. The van der Waals surface area contributed by atoms with Gasteiger partial charge in [0.05, 0.1) is 12.1 Å². The summed E-state index contributed by atoms with van der Waals surface area (Å²) in [5, 5.41) is 13.2. The molecule has 0 heterocycles. The number of anilines is 1. The van der Waals surface area contributed by atoms with E-state index >= 15 is 0 Å². The fourth-order valence-corrected chi connectivity index (χ4v) is 2.56. The van der Waals surface area contributed by atoms with Crippen molar-refractivity contribution in [2.45, 2.75) is 25.3 Å². The van der Waals surface area contributed by atoms with Crippen LogP contribution in [0.4, 0.5) is 5.69 Å². The summed E-state index contributed by atoms with van der Waals surface area (Å²) in [6.45, 7) is 2.16. The zero-order valence-corrected chi connectivity index (χ0v) is 13.2. The van der Waals surface area contributed by atoms with Crippen LogP contribution in [0.3, 0.4) is 0 Å². The van der Waals surface area contributed by atoms with Crippen molar-refractivity contribution in [3.63, 3.8) is 0 Å². The van der Waals surface area contributed by atoms with Gasteiger partial charge >= 0.3 is 0 Å². The van der Waals surface area contributed by atoms with Crippen molar-refractivity contribution in [3.8, 4) is 0 Å². The molecule has 20 heavy (non-hydrogen) atoms. The van der Waals surface area contributed by atoms with E-state index in [9.17, 15) is 5.11 Å². The lowest BCUT2D eigenvalue weighted by Gasteiger charge is -2.30. The molecule has 3 heteroatoms. The maximum absolute atomic E-state index is 9.72. The van der Waals surface area contributed by atoms with Gasteiger partial charge in [0.1, 0.15) is 0 Å². The third kappa shape index (κ3) is 4.36. The summed E-state index contributed by atoms with van der Waals surface area (Å²) in [6.07, 6.45) is 1.82. The molecule has 106 valence electrons. The quantitative estimate of drug-likeness (QED) is 0.828. The van der Waals surface area contributed by atoms with Crippen molar-refractivity contribution in [1.29, 1.82) is 0 Å². The van der Waals surface area contributed by atoms with Gasteiger partial charge in [-0.15, -0.1) is 0 Å².